The Balaban J connectivity index is 1.60. The minimum absolute atomic E-state index is 0.0193. The standard InChI is InChI=1S/C22H15ClN2O3/c23-15-7-5-8-16(12-15)24-20(26)17-9-2-1-6-14(17)13-25-21(27)18-10-3-4-11-19(18)22(25)28/h1-12H,13H2,(H,24,26). The van der Waals surface area contributed by atoms with Gasteiger partial charge in [-0.1, -0.05) is 48.0 Å². The third kappa shape index (κ3) is 3.28. The molecule has 138 valence electrons. The van der Waals surface area contributed by atoms with Gasteiger partial charge in [-0.15, -0.1) is 0 Å². The van der Waals surface area contributed by atoms with E-state index in [1.807, 2.05) is 0 Å². The number of rotatable bonds is 4. The molecule has 3 aromatic carbocycles. The Morgan fingerprint density at radius 2 is 1.50 bits per heavy atom. The van der Waals surface area contributed by atoms with E-state index in [9.17, 15) is 14.4 Å². The first-order chi connectivity index (χ1) is 13.5. The van der Waals surface area contributed by atoms with Gasteiger partial charge in [-0.2, -0.15) is 0 Å². The van der Waals surface area contributed by atoms with E-state index < -0.39 is 0 Å². The normalized spacial score (nSPS) is 12.8. The molecule has 0 radical (unpaired) electrons. The molecule has 5 nitrogen and oxygen atoms in total. The Morgan fingerprint density at radius 3 is 2.18 bits per heavy atom. The van der Waals surface area contributed by atoms with Gasteiger partial charge < -0.3 is 5.32 Å². The van der Waals surface area contributed by atoms with E-state index in [1.165, 1.54) is 0 Å². The van der Waals surface area contributed by atoms with E-state index in [4.69, 9.17) is 11.6 Å². The van der Waals surface area contributed by atoms with Crippen molar-refractivity contribution in [2.24, 2.45) is 0 Å². The number of carbonyl (C=O) groups is 3. The van der Waals surface area contributed by atoms with E-state index >= 15 is 0 Å². The summed E-state index contributed by atoms with van der Waals surface area (Å²) in [5, 5.41) is 3.30. The van der Waals surface area contributed by atoms with Crippen LogP contribution in [0.2, 0.25) is 5.02 Å². The number of nitrogens with one attached hydrogen (secondary N) is 1. The Hall–Kier alpha value is -3.44. The molecule has 0 unspecified atom stereocenters. The zero-order chi connectivity index (χ0) is 19.7. The summed E-state index contributed by atoms with van der Waals surface area (Å²) in [6, 6.07) is 20.4. The number of benzene rings is 3. The van der Waals surface area contributed by atoms with Crippen LogP contribution >= 0.6 is 11.6 Å². The van der Waals surface area contributed by atoms with E-state index in [0.717, 1.165) is 4.90 Å². The first-order valence-electron chi connectivity index (χ1n) is 8.64. The molecule has 0 spiro atoms. The van der Waals surface area contributed by atoms with Crippen LogP contribution in [0.3, 0.4) is 0 Å². The molecular formula is C22H15ClN2O3. The average molecular weight is 391 g/mol. The van der Waals surface area contributed by atoms with Crippen molar-refractivity contribution in [2.45, 2.75) is 6.54 Å². The van der Waals surface area contributed by atoms with Crippen LogP contribution in [-0.2, 0) is 6.54 Å². The lowest BCUT2D eigenvalue weighted by Gasteiger charge is -2.16. The van der Waals surface area contributed by atoms with Crippen molar-refractivity contribution in [3.8, 4) is 0 Å². The molecule has 0 bridgehead atoms. The fraction of sp³-hybridized carbons (Fsp3) is 0.0455. The zero-order valence-corrected chi connectivity index (χ0v) is 15.4. The summed E-state index contributed by atoms with van der Waals surface area (Å²) in [7, 11) is 0. The SMILES string of the molecule is O=C(Nc1cccc(Cl)c1)c1ccccc1CN1C(=O)c2ccccc2C1=O. The minimum Gasteiger partial charge on any atom is -0.322 e. The van der Waals surface area contributed by atoms with Crippen LogP contribution < -0.4 is 5.32 Å². The zero-order valence-electron chi connectivity index (χ0n) is 14.7. The van der Waals surface area contributed by atoms with Gasteiger partial charge in [0.25, 0.3) is 17.7 Å². The summed E-state index contributed by atoms with van der Waals surface area (Å²) in [5.74, 6) is -1.05. The molecule has 28 heavy (non-hydrogen) atoms. The second-order valence-corrected chi connectivity index (χ2v) is 6.80. The van der Waals surface area contributed by atoms with Gasteiger partial charge in [-0.25, -0.2) is 0 Å². The Labute approximate surface area is 166 Å². The predicted molar refractivity (Wildman–Crippen MR) is 106 cm³/mol. The number of hydrogen-bond donors (Lipinski definition) is 1. The second-order valence-electron chi connectivity index (χ2n) is 6.36. The van der Waals surface area contributed by atoms with Crippen molar-refractivity contribution in [1.82, 2.24) is 4.90 Å². The molecule has 0 aromatic heterocycles. The summed E-state index contributed by atoms with van der Waals surface area (Å²) in [4.78, 5) is 39.1. The average Bonchev–Trinajstić information content (AvgIpc) is 2.94. The van der Waals surface area contributed by atoms with Crippen LogP contribution in [0, 0.1) is 0 Å². The molecule has 0 fully saturated rings. The van der Waals surface area contributed by atoms with Crippen LogP contribution in [0.15, 0.2) is 72.8 Å². The number of imide groups is 1. The molecule has 0 aliphatic carbocycles. The lowest BCUT2D eigenvalue weighted by molar-refractivity contribution is 0.0640. The Morgan fingerprint density at radius 1 is 0.857 bits per heavy atom. The third-order valence-electron chi connectivity index (χ3n) is 4.55. The highest BCUT2D eigenvalue weighted by Gasteiger charge is 2.35. The molecule has 1 aliphatic heterocycles. The number of amides is 3. The van der Waals surface area contributed by atoms with Crippen molar-refractivity contribution in [3.05, 3.63) is 100 Å². The van der Waals surface area contributed by atoms with E-state index in [1.54, 1.807) is 72.8 Å². The summed E-state index contributed by atoms with van der Waals surface area (Å²) < 4.78 is 0. The number of carbonyl (C=O) groups excluding carboxylic acids is 3. The summed E-state index contributed by atoms with van der Waals surface area (Å²) >= 11 is 5.96. The molecule has 0 atom stereocenters. The van der Waals surface area contributed by atoms with Gasteiger partial charge in [-0.05, 0) is 42.0 Å². The minimum atomic E-state index is -0.356. The number of halogens is 1. The maximum absolute atomic E-state index is 12.8. The van der Waals surface area contributed by atoms with Crippen molar-refractivity contribution in [1.29, 1.82) is 0 Å². The summed E-state index contributed by atoms with van der Waals surface area (Å²) in [6.07, 6.45) is 0. The summed E-state index contributed by atoms with van der Waals surface area (Å²) in [6.45, 7) is 0.0193. The fourth-order valence-corrected chi connectivity index (χ4v) is 3.39. The number of fused-ring (bicyclic) bond motifs is 1. The Bertz CT molecular complexity index is 1080. The smallest absolute Gasteiger partial charge is 0.261 e. The molecular weight excluding hydrogens is 376 g/mol. The van der Waals surface area contributed by atoms with Gasteiger partial charge in [-0.3, -0.25) is 19.3 Å². The molecule has 3 aromatic rings. The quantitative estimate of drug-likeness (QED) is 0.672. The van der Waals surface area contributed by atoms with Gasteiger partial charge in [0.1, 0.15) is 0 Å². The molecule has 4 rings (SSSR count). The van der Waals surface area contributed by atoms with Crippen LogP contribution in [0.1, 0.15) is 36.6 Å². The molecule has 0 saturated carbocycles. The van der Waals surface area contributed by atoms with Crippen LogP contribution in [0.25, 0.3) is 0 Å². The molecule has 1 heterocycles. The van der Waals surface area contributed by atoms with Crippen molar-refractivity contribution in [2.75, 3.05) is 5.32 Å². The van der Waals surface area contributed by atoms with Crippen LogP contribution in [-0.4, -0.2) is 22.6 Å². The number of nitrogens with zero attached hydrogens (tertiary/aromatic N) is 1. The van der Waals surface area contributed by atoms with Crippen molar-refractivity contribution in [3.63, 3.8) is 0 Å². The van der Waals surface area contributed by atoms with E-state index in [-0.39, 0.29) is 24.3 Å². The lowest BCUT2D eigenvalue weighted by Crippen LogP contribution is -2.30. The molecule has 3 amide bonds. The topological polar surface area (TPSA) is 66.5 Å². The largest absolute Gasteiger partial charge is 0.322 e. The predicted octanol–water partition coefficient (Wildman–Crippen LogP) is 4.39. The van der Waals surface area contributed by atoms with Gasteiger partial charge >= 0.3 is 0 Å². The van der Waals surface area contributed by atoms with Crippen molar-refractivity contribution >= 4 is 35.0 Å². The number of hydrogen-bond acceptors (Lipinski definition) is 3. The molecule has 1 N–H and O–H groups in total. The monoisotopic (exact) mass is 390 g/mol. The molecule has 1 aliphatic rings. The molecule has 6 heteroatoms. The van der Waals surface area contributed by atoms with Gasteiger partial charge in [0, 0.05) is 16.3 Å². The van der Waals surface area contributed by atoms with Crippen LogP contribution in [0.4, 0.5) is 5.69 Å². The second kappa shape index (κ2) is 7.29. The fourth-order valence-electron chi connectivity index (χ4n) is 3.20. The molecule has 0 saturated heterocycles. The highest BCUT2D eigenvalue weighted by Crippen LogP contribution is 2.25. The van der Waals surface area contributed by atoms with Gasteiger partial charge in [0.15, 0.2) is 0 Å². The summed E-state index contributed by atoms with van der Waals surface area (Å²) in [5.41, 5.74) is 2.30. The lowest BCUT2D eigenvalue weighted by atomic mass is 10.1. The highest BCUT2D eigenvalue weighted by molar-refractivity contribution is 6.31. The highest BCUT2D eigenvalue weighted by atomic mass is 35.5. The maximum Gasteiger partial charge on any atom is 0.261 e. The number of anilines is 1. The first-order valence-corrected chi connectivity index (χ1v) is 9.02. The van der Waals surface area contributed by atoms with E-state index in [0.29, 0.717) is 33.0 Å². The Kier molecular flexibility index (Phi) is 4.67. The maximum atomic E-state index is 12.8. The van der Waals surface area contributed by atoms with Gasteiger partial charge in [0.05, 0.1) is 17.7 Å². The first kappa shape index (κ1) is 17.9. The van der Waals surface area contributed by atoms with Crippen molar-refractivity contribution < 1.29 is 14.4 Å². The van der Waals surface area contributed by atoms with Gasteiger partial charge in [0.2, 0.25) is 0 Å². The third-order valence-corrected chi connectivity index (χ3v) is 4.79. The van der Waals surface area contributed by atoms with Crippen LogP contribution in [0.5, 0.6) is 0 Å². The van der Waals surface area contributed by atoms with E-state index in [2.05, 4.69) is 5.32 Å².